The molecule has 2 rings (SSSR count). The minimum Gasteiger partial charge on any atom is -0.497 e. The van der Waals surface area contributed by atoms with Crippen molar-refractivity contribution < 1.29 is 14.3 Å². The number of carbonyl (C=O) groups is 2. The van der Waals surface area contributed by atoms with E-state index in [4.69, 9.17) is 4.74 Å². The first kappa shape index (κ1) is 16.5. The molecule has 2 aromatic carbocycles. The lowest BCUT2D eigenvalue weighted by atomic mass is 10.1. The SMILES string of the molecule is CNC(=O)CCc1ccccc1NC(=O)c1cccc(OC)c1. The van der Waals surface area contributed by atoms with Gasteiger partial charge < -0.3 is 15.4 Å². The van der Waals surface area contributed by atoms with E-state index in [-0.39, 0.29) is 11.8 Å². The molecule has 2 amide bonds. The van der Waals surface area contributed by atoms with Gasteiger partial charge in [0.2, 0.25) is 5.91 Å². The van der Waals surface area contributed by atoms with E-state index in [1.54, 1.807) is 38.4 Å². The van der Waals surface area contributed by atoms with Gasteiger partial charge in [-0.15, -0.1) is 0 Å². The third-order valence-electron chi connectivity index (χ3n) is 3.50. The third-order valence-corrected chi connectivity index (χ3v) is 3.50. The molecule has 0 aromatic heterocycles. The zero-order valence-electron chi connectivity index (χ0n) is 13.3. The summed E-state index contributed by atoms with van der Waals surface area (Å²) in [6.45, 7) is 0. The second-order valence-electron chi connectivity index (χ2n) is 5.02. The molecule has 0 bridgehead atoms. The zero-order valence-corrected chi connectivity index (χ0v) is 13.3. The van der Waals surface area contributed by atoms with Gasteiger partial charge in [0.15, 0.2) is 0 Å². The Balaban J connectivity index is 2.12. The van der Waals surface area contributed by atoms with Gasteiger partial charge >= 0.3 is 0 Å². The molecule has 0 radical (unpaired) electrons. The van der Waals surface area contributed by atoms with Gasteiger partial charge in [-0.3, -0.25) is 9.59 Å². The number of amides is 2. The number of methoxy groups -OCH3 is 1. The smallest absolute Gasteiger partial charge is 0.255 e. The van der Waals surface area contributed by atoms with Gasteiger partial charge in [-0.1, -0.05) is 24.3 Å². The third kappa shape index (κ3) is 4.57. The van der Waals surface area contributed by atoms with E-state index in [1.165, 1.54) is 0 Å². The maximum atomic E-state index is 12.4. The Hall–Kier alpha value is -2.82. The van der Waals surface area contributed by atoms with Crippen molar-refractivity contribution in [2.24, 2.45) is 0 Å². The monoisotopic (exact) mass is 312 g/mol. The quantitative estimate of drug-likeness (QED) is 0.861. The molecule has 5 heteroatoms. The van der Waals surface area contributed by atoms with Crippen molar-refractivity contribution in [1.82, 2.24) is 5.32 Å². The minimum atomic E-state index is -0.212. The number of aryl methyl sites for hydroxylation is 1. The van der Waals surface area contributed by atoms with Gasteiger partial charge in [0, 0.05) is 24.7 Å². The summed E-state index contributed by atoms with van der Waals surface area (Å²) in [6, 6.07) is 14.4. The summed E-state index contributed by atoms with van der Waals surface area (Å²) in [5.74, 6) is 0.390. The zero-order chi connectivity index (χ0) is 16.7. The maximum absolute atomic E-state index is 12.4. The number of hydrogen-bond donors (Lipinski definition) is 2. The second kappa shape index (κ2) is 7.98. The van der Waals surface area contributed by atoms with Crippen LogP contribution < -0.4 is 15.4 Å². The van der Waals surface area contributed by atoms with Crippen LogP contribution in [-0.2, 0) is 11.2 Å². The molecule has 23 heavy (non-hydrogen) atoms. The van der Waals surface area contributed by atoms with Crippen molar-refractivity contribution >= 4 is 17.5 Å². The Kier molecular flexibility index (Phi) is 5.74. The summed E-state index contributed by atoms with van der Waals surface area (Å²) in [5.41, 5.74) is 2.15. The van der Waals surface area contributed by atoms with Crippen molar-refractivity contribution in [2.45, 2.75) is 12.8 Å². The molecule has 0 heterocycles. The highest BCUT2D eigenvalue weighted by Crippen LogP contribution is 2.19. The van der Waals surface area contributed by atoms with Crippen LogP contribution in [0.5, 0.6) is 5.75 Å². The summed E-state index contributed by atoms with van der Waals surface area (Å²) in [7, 11) is 3.17. The van der Waals surface area contributed by atoms with Crippen molar-refractivity contribution in [3.63, 3.8) is 0 Å². The van der Waals surface area contributed by atoms with Crippen LogP contribution in [0.15, 0.2) is 48.5 Å². The Labute approximate surface area is 135 Å². The van der Waals surface area contributed by atoms with Crippen LogP contribution in [0.4, 0.5) is 5.69 Å². The lowest BCUT2D eigenvalue weighted by molar-refractivity contribution is -0.120. The van der Waals surface area contributed by atoms with Crippen LogP contribution in [-0.4, -0.2) is 26.0 Å². The highest BCUT2D eigenvalue weighted by Gasteiger charge is 2.10. The number of benzene rings is 2. The highest BCUT2D eigenvalue weighted by molar-refractivity contribution is 6.04. The van der Waals surface area contributed by atoms with Crippen LogP contribution in [0.1, 0.15) is 22.3 Å². The van der Waals surface area contributed by atoms with Gasteiger partial charge in [0.05, 0.1) is 7.11 Å². The molecule has 2 N–H and O–H groups in total. The molecule has 0 unspecified atom stereocenters. The van der Waals surface area contributed by atoms with Gasteiger partial charge in [0.1, 0.15) is 5.75 Å². The maximum Gasteiger partial charge on any atom is 0.255 e. The molecule has 0 saturated carbocycles. The molecular weight excluding hydrogens is 292 g/mol. The molecule has 5 nitrogen and oxygen atoms in total. The molecule has 0 atom stereocenters. The topological polar surface area (TPSA) is 67.4 Å². The van der Waals surface area contributed by atoms with Crippen LogP contribution in [0.2, 0.25) is 0 Å². The number of hydrogen-bond acceptors (Lipinski definition) is 3. The Morgan fingerprint density at radius 1 is 1.09 bits per heavy atom. The normalized spacial score (nSPS) is 10.0. The van der Waals surface area contributed by atoms with Crippen LogP contribution in [0.25, 0.3) is 0 Å². The number of anilines is 1. The lowest BCUT2D eigenvalue weighted by Crippen LogP contribution is -2.18. The Morgan fingerprint density at radius 2 is 1.87 bits per heavy atom. The van der Waals surface area contributed by atoms with Gasteiger partial charge in [0.25, 0.3) is 5.91 Å². The Bertz CT molecular complexity index is 698. The average molecular weight is 312 g/mol. The molecule has 120 valence electrons. The fraction of sp³-hybridized carbons (Fsp3) is 0.222. The molecular formula is C18H20N2O3. The molecule has 0 aliphatic carbocycles. The average Bonchev–Trinajstić information content (AvgIpc) is 2.60. The lowest BCUT2D eigenvalue weighted by Gasteiger charge is -2.11. The number of carbonyl (C=O) groups excluding carboxylic acids is 2. The molecule has 0 spiro atoms. The summed E-state index contributed by atoms with van der Waals surface area (Å²) in [6.07, 6.45) is 0.941. The number of rotatable bonds is 6. The molecule has 0 saturated heterocycles. The molecule has 2 aromatic rings. The van der Waals surface area contributed by atoms with Crippen LogP contribution in [0, 0.1) is 0 Å². The van der Waals surface area contributed by atoms with E-state index in [9.17, 15) is 9.59 Å². The van der Waals surface area contributed by atoms with E-state index >= 15 is 0 Å². The summed E-state index contributed by atoms with van der Waals surface area (Å²) in [5, 5.41) is 5.49. The molecule has 0 aliphatic heterocycles. The van der Waals surface area contributed by atoms with Crippen molar-refractivity contribution in [3.05, 3.63) is 59.7 Å². The van der Waals surface area contributed by atoms with E-state index in [0.29, 0.717) is 29.8 Å². The standard InChI is InChI=1S/C18H20N2O3/c1-19-17(21)11-10-13-6-3-4-9-16(13)20-18(22)14-7-5-8-15(12-14)23-2/h3-9,12H,10-11H2,1-2H3,(H,19,21)(H,20,22). The fourth-order valence-corrected chi connectivity index (χ4v) is 2.19. The van der Waals surface area contributed by atoms with Crippen molar-refractivity contribution in [2.75, 3.05) is 19.5 Å². The van der Waals surface area contributed by atoms with Crippen molar-refractivity contribution in [3.8, 4) is 5.75 Å². The second-order valence-corrected chi connectivity index (χ2v) is 5.02. The van der Waals surface area contributed by atoms with Crippen LogP contribution in [0.3, 0.4) is 0 Å². The minimum absolute atomic E-state index is 0.0288. The van der Waals surface area contributed by atoms with E-state index in [0.717, 1.165) is 5.56 Å². The summed E-state index contributed by atoms with van der Waals surface area (Å²) >= 11 is 0. The van der Waals surface area contributed by atoms with Crippen molar-refractivity contribution in [1.29, 1.82) is 0 Å². The van der Waals surface area contributed by atoms with Crippen LogP contribution >= 0.6 is 0 Å². The first-order chi connectivity index (χ1) is 11.1. The first-order valence-electron chi connectivity index (χ1n) is 7.38. The summed E-state index contributed by atoms with van der Waals surface area (Å²) < 4.78 is 5.13. The summed E-state index contributed by atoms with van der Waals surface area (Å²) in [4.78, 5) is 23.8. The number of nitrogens with one attached hydrogen (secondary N) is 2. The highest BCUT2D eigenvalue weighted by atomic mass is 16.5. The van der Waals surface area contributed by atoms with E-state index < -0.39 is 0 Å². The number of para-hydroxylation sites is 1. The Morgan fingerprint density at radius 3 is 2.61 bits per heavy atom. The van der Waals surface area contributed by atoms with Gasteiger partial charge in [-0.2, -0.15) is 0 Å². The molecule has 0 fully saturated rings. The number of ether oxygens (including phenoxy) is 1. The molecule has 0 aliphatic rings. The van der Waals surface area contributed by atoms with E-state index in [2.05, 4.69) is 10.6 Å². The predicted octanol–water partition coefficient (Wildman–Crippen LogP) is 2.63. The predicted molar refractivity (Wildman–Crippen MR) is 89.8 cm³/mol. The fourth-order valence-electron chi connectivity index (χ4n) is 2.19. The van der Waals surface area contributed by atoms with E-state index in [1.807, 2.05) is 24.3 Å². The first-order valence-corrected chi connectivity index (χ1v) is 7.38. The van der Waals surface area contributed by atoms with Gasteiger partial charge in [-0.05, 0) is 36.2 Å². The largest absolute Gasteiger partial charge is 0.497 e. The van der Waals surface area contributed by atoms with Gasteiger partial charge in [-0.25, -0.2) is 0 Å².